The fourth-order valence-electron chi connectivity index (χ4n) is 3.39. The molecule has 28 heavy (non-hydrogen) atoms. The third kappa shape index (κ3) is 4.06. The lowest BCUT2D eigenvalue weighted by Gasteiger charge is -2.32. The zero-order valence-corrected chi connectivity index (χ0v) is 15.9. The van der Waals surface area contributed by atoms with Gasteiger partial charge in [0.15, 0.2) is 0 Å². The molecule has 3 aromatic rings. The van der Waals surface area contributed by atoms with Crippen molar-refractivity contribution in [2.45, 2.75) is 25.9 Å². The summed E-state index contributed by atoms with van der Waals surface area (Å²) >= 11 is 0. The van der Waals surface area contributed by atoms with Crippen molar-refractivity contribution in [3.63, 3.8) is 0 Å². The van der Waals surface area contributed by atoms with Crippen molar-refractivity contribution in [2.24, 2.45) is 0 Å². The Labute approximate surface area is 164 Å². The molecule has 0 saturated carbocycles. The largest absolute Gasteiger partial charge is 0.494 e. The predicted molar refractivity (Wildman–Crippen MR) is 107 cm³/mol. The van der Waals surface area contributed by atoms with Gasteiger partial charge in [0, 0.05) is 31.5 Å². The molecule has 1 aliphatic heterocycles. The topological polar surface area (TPSA) is 64.5 Å². The van der Waals surface area contributed by atoms with Crippen LogP contribution in [-0.4, -0.2) is 46.6 Å². The molecule has 1 aromatic heterocycles. The normalized spacial score (nSPS) is 14.8. The van der Waals surface area contributed by atoms with E-state index in [1.165, 1.54) is 0 Å². The number of carbonyl (C=O) groups is 1. The lowest BCUT2D eigenvalue weighted by atomic mass is 10.1. The maximum atomic E-state index is 12.7. The van der Waals surface area contributed by atoms with Crippen LogP contribution >= 0.6 is 0 Å². The van der Waals surface area contributed by atoms with Gasteiger partial charge in [-0.1, -0.05) is 12.1 Å². The second-order valence-corrected chi connectivity index (χ2v) is 6.76. The second-order valence-electron chi connectivity index (χ2n) is 6.76. The molecule has 0 N–H and O–H groups in total. The van der Waals surface area contributed by atoms with E-state index in [2.05, 4.69) is 9.97 Å². The van der Waals surface area contributed by atoms with E-state index >= 15 is 0 Å². The molecule has 0 atom stereocenters. The molecule has 0 aliphatic carbocycles. The van der Waals surface area contributed by atoms with Gasteiger partial charge in [-0.25, -0.2) is 9.97 Å². The van der Waals surface area contributed by atoms with Crippen LogP contribution in [0.25, 0.3) is 11.0 Å². The molecular formula is C22H23N3O3. The van der Waals surface area contributed by atoms with Crippen LogP contribution in [0.5, 0.6) is 11.6 Å². The molecule has 1 amide bonds. The zero-order valence-electron chi connectivity index (χ0n) is 15.9. The molecule has 0 radical (unpaired) electrons. The van der Waals surface area contributed by atoms with Crippen LogP contribution in [0.1, 0.15) is 30.1 Å². The Morgan fingerprint density at radius 1 is 1.07 bits per heavy atom. The van der Waals surface area contributed by atoms with Gasteiger partial charge in [-0.2, -0.15) is 0 Å². The molecule has 1 fully saturated rings. The van der Waals surface area contributed by atoms with E-state index in [0.29, 0.717) is 31.1 Å². The highest BCUT2D eigenvalue weighted by Gasteiger charge is 2.25. The van der Waals surface area contributed by atoms with Gasteiger partial charge in [0.25, 0.3) is 5.91 Å². The molecule has 0 bridgehead atoms. The molecular weight excluding hydrogens is 354 g/mol. The quantitative estimate of drug-likeness (QED) is 0.678. The number of para-hydroxylation sites is 2. The van der Waals surface area contributed by atoms with Crippen LogP contribution in [-0.2, 0) is 0 Å². The van der Waals surface area contributed by atoms with Crippen LogP contribution in [0.4, 0.5) is 0 Å². The highest BCUT2D eigenvalue weighted by Crippen LogP contribution is 2.21. The Morgan fingerprint density at radius 3 is 2.50 bits per heavy atom. The first-order valence-electron chi connectivity index (χ1n) is 9.63. The number of hydrogen-bond donors (Lipinski definition) is 0. The summed E-state index contributed by atoms with van der Waals surface area (Å²) in [6, 6.07) is 15.0. The third-order valence-corrected chi connectivity index (χ3v) is 4.86. The number of amides is 1. The summed E-state index contributed by atoms with van der Waals surface area (Å²) in [5.41, 5.74) is 2.36. The number of benzene rings is 2. The molecule has 2 aromatic carbocycles. The van der Waals surface area contributed by atoms with Crippen LogP contribution in [0.3, 0.4) is 0 Å². The van der Waals surface area contributed by atoms with E-state index in [0.717, 1.165) is 29.6 Å². The van der Waals surface area contributed by atoms with Crippen LogP contribution in [0.2, 0.25) is 0 Å². The van der Waals surface area contributed by atoms with Gasteiger partial charge in [0.2, 0.25) is 5.88 Å². The van der Waals surface area contributed by atoms with E-state index in [1.54, 1.807) is 6.20 Å². The number of rotatable bonds is 5. The number of fused-ring (bicyclic) bond motifs is 1. The zero-order chi connectivity index (χ0) is 19.3. The smallest absolute Gasteiger partial charge is 0.253 e. The van der Waals surface area contributed by atoms with Gasteiger partial charge >= 0.3 is 0 Å². The molecule has 6 nitrogen and oxygen atoms in total. The lowest BCUT2D eigenvalue weighted by molar-refractivity contribution is 0.0588. The molecule has 0 spiro atoms. The standard InChI is InChI=1S/C22H23N3O3/c1-2-27-17-9-7-16(8-10-17)22(26)25-13-11-18(12-14-25)28-21-15-23-19-5-3-4-6-20(19)24-21/h3-10,15,18H,2,11-14H2,1H3. The Hall–Kier alpha value is -3.15. The number of hydrogen-bond acceptors (Lipinski definition) is 5. The van der Waals surface area contributed by atoms with Crippen molar-refractivity contribution in [2.75, 3.05) is 19.7 Å². The number of likely N-dealkylation sites (tertiary alicyclic amines) is 1. The monoisotopic (exact) mass is 377 g/mol. The fourth-order valence-corrected chi connectivity index (χ4v) is 3.39. The average molecular weight is 377 g/mol. The minimum atomic E-state index is 0.0415. The maximum absolute atomic E-state index is 12.7. The second kappa shape index (κ2) is 8.25. The Kier molecular flexibility index (Phi) is 5.37. The summed E-state index contributed by atoms with van der Waals surface area (Å²) in [6.45, 7) is 3.88. The maximum Gasteiger partial charge on any atom is 0.253 e. The number of nitrogens with zero attached hydrogens (tertiary/aromatic N) is 3. The number of carbonyl (C=O) groups excluding carboxylic acids is 1. The van der Waals surface area contributed by atoms with Gasteiger partial charge < -0.3 is 14.4 Å². The first-order valence-corrected chi connectivity index (χ1v) is 9.63. The Balaban J connectivity index is 1.34. The highest BCUT2D eigenvalue weighted by atomic mass is 16.5. The van der Waals surface area contributed by atoms with Gasteiger partial charge in [-0.3, -0.25) is 4.79 Å². The van der Waals surface area contributed by atoms with Gasteiger partial charge in [-0.05, 0) is 43.3 Å². The Bertz CT molecular complexity index is 951. The highest BCUT2D eigenvalue weighted by molar-refractivity contribution is 5.94. The molecule has 0 unspecified atom stereocenters. The number of aromatic nitrogens is 2. The number of piperidine rings is 1. The van der Waals surface area contributed by atoms with E-state index in [9.17, 15) is 4.79 Å². The van der Waals surface area contributed by atoms with E-state index in [1.807, 2.05) is 60.4 Å². The average Bonchev–Trinajstić information content (AvgIpc) is 2.74. The summed E-state index contributed by atoms with van der Waals surface area (Å²) in [5.74, 6) is 1.37. The minimum Gasteiger partial charge on any atom is -0.494 e. The van der Waals surface area contributed by atoms with Crippen molar-refractivity contribution < 1.29 is 14.3 Å². The molecule has 2 heterocycles. The van der Waals surface area contributed by atoms with Crippen molar-refractivity contribution in [3.8, 4) is 11.6 Å². The minimum absolute atomic E-state index is 0.0415. The van der Waals surface area contributed by atoms with Crippen molar-refractivity contribution in [1.82, 2.24) is 14.9 Å². The van der Waals surface area contributed by atoms with Crippen molar-refractivity contribution in [3.05, 3.63) is 60.3 Å². The van der Waals surface area contributed by atoms with Crippen LogP contribution in [0, 0.1) is 0 Å². The van der Waals surface area contributed by atoms with Crippen LogP contribution in [0.15, 0.2) is 54.7 Å². The molecule has 1 saturated heterocycles. The van der Waals surface area contributed by atoms with E-state index < -0.39 is 0 Å². The summed E-state index contributed by atoms with van der Waals surface area (Å²) in [7, 11) is 0. The van der Waals surface area contributed by atoms with Crippen molar-refractivity contribution >= 4 is 16.9 Å². The summed E-state index contributed by atoms with van der Waals surface area (Å²) in [6.07, 6.45) is 3.26. The van der Waals surface area contributed by atoms with E-state index in [-0.39, 0.29) is 12.0 Å². The molecule has 6 heteroatoms. The summed E-state index contributed by atoms with van der Waals surface area (Å²) in [4.78, 5) is 23.5. The van der Waals surface area contributed by atoms with Crippen molar-refractivity contribution in [1.29, 1.82) is 0 Å². The van der Waals surface area contributed by atoms with Gasteiger partial charge in [-0.15, -0.1) is 0 Å². The SMILES string of the molecule is CCOc1ccc(C(=O)N2CCC(Oc3cnc4ccccc4n3)CC2)cc1. The third-order valence-electron chi connectivity index (χ3n) is 4.86. The predicted octanol–water partition coefficient (Wildman–Crippen LogP) is 3.71. The summed E-state index contributed by atoms with van der Waals surface area (Å²) < 4.78 is 11.4. The van der Waals surface area contributed by atoms with Crippen LogP contribution < -0.4 is 9.47 Å². The number of ether oxygens (including phenoxy) is 2. The molecule has 144 valence electrons. The molecule has 1 aliphatic rings. The first-order chi connectivity index (χ1) is 13.7. The first kappa shape index (κ1) is 18.2. The molecule has 4 rings (SSSR count). The Morgan fingerprint density at radius 2 is 1.79 bits per heavy atom. The van der Waals surface area contributed by atoms with E-state index in [4.69, 9.17) is 9.47 Å². The van der Waals surface area contributed by atoms with Gasteiger partial charge in [0.05, 0.1) is 23.8 Å². The van der Waals surface area contributed by atoms with Gasteiger partial charge in [0.1, 0.15) is 11.9 Å². The lowest BCUT2D eigenvalue weighted by Crippen LogP contribution is -2.41. The fraction of sp³-hybridized carbons (Fsp3) is 0.318. The summed E-state index contributed by atoms with van der Waals surface area (Å²) in [5, 5.41) is 0.